The van der Waals surface area contributed by atoms with Gasteiger partial charge in [0, 0.05) is 67.8 Å². The number of hydrogen-bond donors (Lipinski definition) is 2. The van der Waals surface area contributed by atoms with Crippen LogP contribution < -0.4 is 15.5 Å². The van der Waals surface area contributed by atoms with Gasteiger partial charge in [0.15, 0.2) is 5.65 Å². The van der Waals surface area contributed by atoms with Crippen molar-refractivity contribution < 1.29 is 22.8 Å². The number of imidazole rings is 1. The third kappa shape index (κ3) is 6.47. The number of fused-ring (bicyclic) bond motifs is 1. The lowest BCUT2D eigenvalue weighted by Crippen LogP contribution is -2.52. The summed E-state index contributed by atoms with van der Waals surface area (Å²) in [6.45, 7) is 3.08. The minimum atomic E-state index is -4.50. The molecule has 14 heteroatoms. The lowest BCUT2D eigenvalue weighted by molar-refractivity contribution is -0.122. The summed E-state index contributed by atoms with van der Waals surface area (Å²) in [4.78, 5) is 39.7. The van der Waals surface area contributed by atoms with Crippen molar-refractivity contribution >= 4 is 29.2 Å². The number of likely N-dealkylation sites (tertiary alicyclic amines) is 1. The molecule has 2 aliphatic rings. The number of alkyl halides is 3. The first-order valence-corrected chi connectivity index (χ1v) is 14.0. The number of hydrogen-bond acceptors (Lipinski definition) is 6. The summed E-state index contributed by atoms with van der Waals surface area (Å²) in [7, 11) is 0. The highest BCUT2D eigenvalue weighted by atomic mass is 19.4. The maximum absolute atomic E-state index is 12.7. The molecule has 4 aromatic rings. The summed E-state index contributed by atoms with van der Waals surface area (Å²) in [5.41, 5.74) is 3.96. The molecule has 11 nitrogen and oxygen atoms in total. The number of urea groups is 2. The van der Waals surface area contributed by atoms with E-state index in [0.29, 0.717) is 35.7 Å². The van der Waals surface area contributed by atoms with Gasteiger partial charge in [0.1, 0.15) is 12.4 Å². The maximum atomic E-state index is 12.7. The number of piperazine rings is 1. The molecule has 2 N–H and O–H groups in total. The highest BCUT2D eigenvalue weighted by Gasteiger charge is 2.28. The first kappa shape index (κ1) is 28.2. The summed E-state index contributed by atoms with van der Waals surface area (Å²) in [5.74, 6) is 0.856. The van der Waals surface area contributed by atoms with Crippen LogP contribution in [-0.2, 0) is 0 Å². The van der Waals surface area contributed by atoms with Gasteiger partial charge in [-0.15, -0.1) is 0 Å². The van der Waals surface area contributed by atoms with Gasteiger partial charge < -0.3 is 25.3 Å². The van der Waals surface area contributed by atoms with E-state index in [4.69, 9.17) is 0 Å². The van der Waals surface area contributed by atoms with Gasteiger partial charge in [0.25, 0.3) is 0 Å². The molecular weight excluding hydrogens is 563 g/mol. The van der Waals surface area contributed by atoms with Gasteiger partial charge in [-0.2, -0.15) is 18.3 Å². The van der Waals surface area contributed by atoms with Crippen LogP contribution in [0.15, 0.2) is 61.1 Å². The topological polar surface area (TPSA) is 111 Å². The van der Waals surface area contributed by atoms with E-state index in [0.717, 1.165) is 56.0 Å². The predicted molar refractivity (Wildman–Crippen MR) is 155 cm³/mol. The van der Waals surface area contributed by atoms with Gasteiger partial charge in [-0.3, -0.25) is 0 Å². The second kappa shape index (κ2) is 11.8. The van der Waals surface area contributed by atoms with Crippen LogP contribution in [0.4, 0.5) is 34.3 Å². The molecule has 0 unspecified atom stereocenters. The SMILES string of the molecule is O=C(NCC(F)(F)F)Nc1cccc(-c2cnc3cc(-c4ccc(N5CCN(C(=O)N6CCCC6)CC5)nc4)cnn23)c1. The van der Waals surface area contributed by atoms with Crippen molar-refractivity contribution in [2.75, 3.05) is 56.0 Å². The Bertz CT molecular complexity index is 1610. The molecule has 0 saturated carbocycles. The number of carbonyl (C=O) groups excluding carboxylic acids is 2. The van der Waals surface area contributed by atoms with E-state index in [1.165, 1.54) is 0 Å². The fourth-order valence-corrected chi connectivity index (χ4v) is 5.32. The van der Waals surface area contributed by atoms with E-state index in [9.17, 15) is 22.8 Å². The van der Waals surface area contributed by atoms with Crippen molar-refractivity contribution in [2.45, 2.75) is 19.0 Å². The van der Waals surface area contributed by atoms with Crippen LogP contribution in [0, 0.1) is 0 Å². The van der Waals surface area contributed by atoms with E-state index >= 15 is 0 Å². The number of amides is 4. The molecule has 0 radical (unpaired) electrons. The molecular formula is C29H30F3N9O2. The van der Waals surface area contributed by atoms with E-state index in [1.807, 2.05) is 28.0 Å². The van der Waals surface area contributed by atoms with Crippen LogP contribution in [0.5, 0.6) is 0 Å². The van der Waals surface area contributed by atoms with Crippen molar-refractivity contribution in [3.8, 4) is 22.4 Å². The summed E-state index contributed by atoms with van der Waals surface area (Å²) < 4.78 is 38.8. The Hall–Kier alpha value is -4.88. The van der Waals surface area contributed by atoms with Crippen molar-refractivity contribution in [3.05, 3.63) is 61.1 Å². The molecule has 43 heavy (non-hydrogen) atoms. The van der Waals surface area contributed by atoms with Gasteiger partial charge >= 0.3 is 18.2 Å². The van der Waals surface area contributed by atoms with Crippen LogP contribution in [-0.4, -0.2) is 93.4 Å². The number of pyridine rings is 1. The fraction of sp³-hybridized carbons (Fsp3) is 0.345. The smallest absolute Gasteiger partial charge is 0.353 e. The van der Waals surface area contributed by atoms with Crippen molar-refractivity contribution in [1.82, 2.24) is 34.7 Å². The van der Waals surface area contributed by atoms with Crippen LogP contribution in [0.1, 0.15) is 12.8 Å². The molecule has 3 aromatic heterocycles. The standard InChI is InChI=1S/C29H30F3N9O2/c30-29(31,32)19-35-27(42)37-23-5-3-4-20(14-23)24-18-34-26-15-22(17-36-41(24)26)21-6-7-25(33-16-21)38-10-12-40(13-11-38)28(43)39-8-1-2-9-39/h3-7,14-18H,1-2,8-13,19H2,(H2,35,37,42). The van der Waals surface area contributed by atoms with Crippen LogP contribution >= 0.6 is 0 Å². The van der Waals surface area contributed by atoms with Gasteiger partial charge in [0.2, 0.25) is 0 Å². The predicted octanol–water partition coefficient (Wildman–Crippen LogP) is 4.48. The third-order valence-corrected chi connectivity index (χ3v) is 7.56. The van der Waals surface area contributed by atoms with E-state index in [2.05, 4.69) is 25.3 Å². The quantitative estimate of drug-likeness (QED) is 0.353. The first-order chi connectivity index (χ1) is 20.7. The lowest BCUT2D eigenvalue weighted by Gasteiger charge is -2.37. The molecule has 1 aromatic carbocycles. The Balaban J connectivity index is 1.10. The fourth-order valence-electron chi connectivity index (χ4n) is 5.32. The molecule has 224 valence electrons. The normalized spacial score (nSPS) is 15.7. The van der Waals surface area contributed by atoms with Crippen molar-refractivity contribution in [3.63, 3.8) is 0 Å². The Kier molecular flexibility index (Phi) is 7.74. The van der Waals surface area contributed by atoms with Crippen LogP contribution in [0.2, 0.25) is 0 Å². The highest BCUT2D eigenvalue weighted by molar-refractivity contribution is 5.90. The second-order valence-electron chi connectivity index (χ2n) is 10.5. The average molecular weight is 594 g/mol. The molecule has 0 spiro atoms. The van der Waals surface area contributed by atoms with Crippen LogP contribution in [0.25, 0.3) is 28.0 Å². The minimum absolute atomic E-state index is 0.141. The number of nitrogens with one attached hydrogen (secondary N) is 2. The zero-order valence-electron chi connectivity index (χ0n) is 23.2. The second-order valence-corrected chi connectivity index (χ2v) is 10.5. The summed E-state index contributed by atoms with van der Waals surface area (Å²) in [6, 6.07) is 11.7. The van der Waals surface area contributed by atoms with Gasteiger partial charge in [-0.25, -0.2) is 24.1 Å². The number of anilines is 2. The lowest BCUT2D eigenvalue weighted by atomic mass is 10.1. The molecule has 5 heterocycles. The average Bonchev–Trinajstić information content (AvgIpc) is 3.70. The largest absolute Gasteiger partial charge is 0.405 e. The maximum Gasteiger partial charge on any atom is 0.405 e. The van der Waals surface area contributed by atoms with Gasteiger partial charge in [0.05, 0.1) is 18.1 Å². The van der Waals surface area contributed by atoms with Gasteiger partial charge in [-0.1, -0.05) is 12.1 Å². The monoisotopic (exact) mass is 593 g/mol. The van der Waals surface area contributed by atoms with Crippen molar-refractivity contribution in [2.24, 2.45) is 0 Å². The number of aromatic nitrogens is 4. The molecule has 4 amide bonds. The Morgan fingerprint density at radius 3 is 2.30 bits per heavy atom. The summed E-state index contributed by atoms with van der Waals surface area (Å²) in [6.07, 6.45) is 2.82. The Morgan fingerprint density at radius 1 is 0.814 bits per heavy atom. The van der Waals surface area contributed by atoms with Crippen LogP contribution in [0.3, 0.4) is 0 Å². The molecule has 2 aliphatic heterocycles. The van der Waals surface area contributed by atoms with Gasteiger partial charge in [-0.05, 0) is 43.2 Å². The van der Waals surface area contributed by atoms with E-state index in [1.54, 1.807) is 52.7 Å². The summed E-state index contributed by atoms with van der Waals surface area (Å²) >= 11 is 0. The number of nitrogens with zero attached hydrogens (tertiary/aromatic N) is 7. The van der Waals surface area contributed by atoms with E-state index in [-0.39, 0.29) is 6.03 Å². The third-order valence-electron chi connectivity index (χ3n) is 7.56. The van der Waals surface area contributed by atoms with E-state index < -0.39 is 18.8 Å². The Labute approximate surface area is 245 Å². The molecule has 2 saturated heterocycles. The zero-order chi connectivity index (χ0) is 30.0. The number of rotatable bonds is 5. The Morgan fingerprint density at radius 2 is 1.58 bits per heavy atom. The molecule has 0 aliphatic carbocycles. The molecule has 2 fully saturated rings. The first-order valence-electron chi connectivity index (χ1n) is 14.0. The highest BCUT2D eigenvalue weighted by Crippen LogP contribution is 2.27. The number of carbonyl (C=O) groups is 2. The number of benzene rings is 1. The molecule has 6 rings (SSSR count). The number of halogens is 3. The van der Waals surface area contributed by atoms with Crippen molar-refractivity contribution in [1.29, 1.82) is 0 Å². The molecule has 0 atom stereocenters. The minimum Gasteiger partial charge on any atom is -0.353 e. The zero-order valence-corrected chi connectivity index (χ0v) is 23.2. The summed E-state index contributed by atoms with van der Waals surface area (Å²) in [5, 5.41) is 8.76. The molecule has 0 bridgehead atoms.